The molecule has 4 aromatic rings. The number of H-pyrrole nitrogens is 1. The van der Waals surface area contributed by atoms with E-state index in [2.05, 4.69) is 25.8 Å². The van der Waals surface area contributed by atoms with Gasteiger partial charge in [-0.2, -0.15) is 5.10 Å². The third-order valence-electron chi connectivity index (χ3n) is 5.08. The fourth-order valence-electron chi connectivity index (χ4n) is 3.19. The number of anilines is 3. The standard InChI is InChI=1S/C22H22N8OS/c1-13-11-18(29-28-13)25-19-14(2)20(30-10-9-23-12-30)27-22(26-19)32-17-7-5-16(6-8-17)24-21(31)15-3-4-15/h5-12,15H,3-4H2,1-2H3,(H,24,31)(H2,25,26,27,28,29). The third-order valence-corrected chi connectivity index (χ3v) is 5.95. The molecular formula is C22H22N8OS. The van der Waals surface area contributed by atoms with Crippen LogP contribution in [0.15, 0.2) is 59.1 Å². The summed E-state index contributed by atoms with van der Waals surface area (Å²) >= 11 is 1.45. The van der Waals surface area contributed by atoms with E-state index in [0.29, 0.717) is 16.8 Å². The lowest BCUT2D eigenvalue weighted by atomic mass is 10.3. The summed E-state index contributed by atoms with van der Waals surface area (Å²) in [5.74, 6) is 2.37. The van der Waals surface area contributed by atoms with Gasteiger partial charge in [0, 0.05) is 46.2 Å². The average molecular weight is 447 g/mol. The van der Waals surface area contributed by atoms with E-state index in [4.69, 9.17) is 9.97 Å². The molecular weight excluding hydrogens is 424 g/mol. The summed E-state index contributed by atoms with van der Waals surface area (Å²) in [6, 6.07) is 9.63. The summed E-state index contributed by atoms with van der Waals surface area (Å²) in [5, 5.41) is 14.0. The molecule has 1 aliphatic carbocycles. The molecule has 9 nitrogen and oxygen atoms in total. The number of aromatic amines is 1. The number of hydrogen-bond donors (Lipinski definition) is 3. The number of benzene rings is 1. The number of nitrogens with one attached hydrogen (secondary N) is 3. The van der Waals surface area contributed by atoms with Crippen LogP contribution in [-0.2, 0) is 4.79 Å². The van der Waals surface area contributed by atoms with Crippen molar-refractivity contribution in [2.75, 3.05) is 10.6 Å². The molecule has 10 heteroatoms. The van der Waals surface area contributed by atoms with Gasteiger partial charge in [-0.3, -0.25) is 14.5 Å². The van der Waals surface area contributed by atoms with Crippen LogP contribution in [0.4, 0.5) is 17.3 Å². The zero-order valence-corrected chi connectivity index (χ0v) is 18.5. The Kier molecular flexibility index (Phi) is 5.36. The largest absolute Gasteiger partial charge is 0.326 e. The lowest BCUT2D eigenvalue weighted by Gasteiger charge is -2.13. The zero-order valence-electron chi connectivity index (χ0n) is 17.7. The fourth-order valence-corrected chi connectivity index (χ4v) is 3.94. The maximum absolute atomic E-state index is 12.0. The maximum Gasteiger partial charge on any atom is 0.227 e. The molecule has 3 heterocycles. The van der Waals surface area contributed by atoms with Crippen LogP contribution in [0.3, 0.4) is 0 Å². The number of imidazole rings is 1. The Hall–Kier alpha value is -3.66. The van der Waals surface area contributed by atoms with E-state index in [1.807, 2.05) is 54.9 Å². The van der Waals surface area contributed by atoms with Crippen molar-refractivity contribution >= 4 is 35.0 Å². The van der Waals surface area contributed by atoms with E-state index in [1.54, 1.807) is 12.5 Å². The van der Waals surface area contributed by atoms with Crippen LogP contribution in [0, 0.1) is 19.8 Å². The van der Waals surface area contributed by atoms with Crippen molar-refractivity contribution in [1.82, 2.24) is 29.7 Å². The van der Waals surface area contributed by atoms with E-state index in [1.165, 1.54) is 11.8 Å². The molecule has 3 N–H and O–H groups in total. The van der Waals surface area contributed by atoms with Crippen LogP contribution < -0.4 is 10.6 Å². The average Bonchev–Trinajstić information content (AvgIpc) is 3.34. The molecule has 32 heavy (non-hydrogen) atoms. The van der Waals surface area contributed by atoms with Gasteiger partial charge in [-0.15, -0.1) is 0 Å². The quantitative estimate of drug-likeness (QED) is 0.364. The van der Waals surface area contributed by atoms with Gasteiger partial charge in [0.15, 0.2) is 11.0 Å². The maximum atomic E-state index is 12.0. The van der Waals surface area contributed by atoms with Gasteiger partial charge in [-0.1, -0.05) is 0 Å². The lowest BCUT2D eigenvalue weighted by Crippen LogP contribution is -2.12. The van der Waals surface area contributed by atoms with E-state index in [0.717, 1.165) is 40.5 Å². The second-order valence-electron chi connectivity index (χ2n) is 7.72. The van der Waals surface area contributed by atoms with Crippen molar-refractivity contribution in [1.29, 1.82) is 0 Å². The van der Waals surface area contributed by atoms with Gasteiger partial charge in [0.25, 0.3) is 0 Å². The van der Waals surface area contributed by atoms with Crippen molar-refractivity contribution in [3.8, 4) is 5.82 Å². The number of nitrogens with zero attached hydrogens (tertiary/aromatic N) is 5. The zero-order chi connectivity index (χ0) is 22.1. The van der Waals surface area contributed by atoms with Crippen molar-refractivity contribution in [2.24, 2.45) is 5.92 Å². The second kappa shape index (κ2) is 8.46. The fraction of sp³-hybridized carbons (Fsp3) is 0.227. The predicted octanol–water partition coefficient (Wildman–Crippen LogP) is 4.25. The number of hydrogen-bond acceptors (Lipinski definition) is 7. The number of carbonyl (C=O) groups is 1. The first-order valence-electron chi connectivity index (χ1n) is 10.3. The predicted molar refractivity (Wildman–Crippen MR) is 122 cm³/mol. The third kappa shape index (κ3) is 4.50. The normalized spacial score (nSPS) is 13.2. The molecule has 0 saturated heterocycles. The number of rotatable bonds is 7. The molecule has 0 unspecified atom stereocenters. The van der Waals surface area contributed by atoms with Crippen molar-refractivity contribution < 1.29 is 4.79 Å². The minimum atomic E-state index is 0.0987. The van der Waals surface area contributed by atoms with E-state index < -0.39 is 0 Å². The molecule has 0 spiro atoms. The Balaban J connectivity index is 1.41. The Labute approximate surface area is 189 Å². The van der Waals surface area contributed by atoms with Gasteiger partial charge in [-0.25, -0.2) is 15.0 Å². The van der Waals surface area contributed by atoms with Crippen LogP contribution in [0.25, 0.3) is 5.82 Å². The molecule has 1 saturated carbocycles. The summed E-state index contributed by atoms with van der Waals surface area (Å²) in [5.41, 5.74) is 2.63. The van der Waals surface area contributed by atoms with Crippen LogP contribution in [0.2, 0.25) is 0 Å². The van der Waals surface area contributed by atoms with Gasteiger partial charge >= 0.3 is 0 Å². The first kappa shape index (κ1) is 20.3. The van der Waals surface area contributed by atoms with Gasteiger partial charge in [-0.05, 0) is 62.7 Å². The molecule has 1 aliphatic rings. The second-order valence-corrected chi connectivity index (χ2v) is 8.77. The molecule has 0 bridgehead atoms. The molecule has 3 aromatic heterocycles. The lowest BCUT2D eigenvalue weighted by molar-refractivity contribution is -0.117. The monoisotopic (exact) mass is 446 g/mol. The molecule has 0 radical (unpaired) electrons. The van der Waals surface area contributed by atoms with E-state index in [-0.39, 0.29) is 11.8 Å². The number of aromatic nitrogens is 6. The topological polar surface area (TPSA) is 113 Å². The summed E-state index contributed by atoms with van der Waals surface area (Å²) in [6.45, 7) is 3.91. The smallest absolute Gasteiger partial charge is 0.227 e. The summed E-state index contributed by atoms with van der Waals surface area (Å²) < 4.78 is 1.86. The van der Waals surface area contributed by atoms with Crippen molar-refractivity contribution in [2.45, 2.75) is 36.7 Å². The minimum absolute atomic E-state index is 0.0987. The van der Waals surface area contributed by atoms with Gasteiger partial charge in [0.1, 0.15) is 18.0 Å². The van der Waals surface area contributed by atoms with Gasteiger partial charge in [0.05, 0.1) is 0 Å². The molecule has 1 amide bonds. The number of aryl methyl sites for hydroxylation is 1. The Morgan fingerprint density at radius 3 is 2.66 bits per heavy atom. The Morgan fingerprint density at radius 2 is 2.00 bits per heavy atom. The highest BCUT2D eigenvalue weighted by atomic mass is 32.2. The number of carbonyl (C=O) groups excluding carboxylic acids is 1. The van der Waals surface area contributed by atoms with Crippen LogP contribution in [0.5, 0.6) is 0 Å². The number of amides is 1. The van der Waals surface area contributed by atoms with E-state index >= 15 is 0 Å². The molecule has 1 aromatic carbocycles. The molecule has 162 valence electrons. The van der Waals surface area contributed by atoms with Crippen LogP contribution in [0.1, 0.15) is 24.1 Å². The minimum Gasteiger partial charge on any atom is -0.326 e. The van der Waals surface area contributed by atoms with Crippen molar-refractivity contribution in [3.63, 3.8) is 0 Å². The van der Waals surface area contributed by atoms with Crippen LogP contribution >= 0.6 is 11.8 Å². The summed E-state index contributed by atoms with van der Waals surface area (Å²) in [7, 11) is 0. The Bertz CT molecular complexity index is 1250. The van der Waals surface area contributed by atoms with Gasteiger partial charge in [0.2, 0.25) is 5.91 Å². The van der Waals surface area contributed by atoms with Crippen molar-refractivity contribution in [3.05, 3.63) is 60.3 Å². The highest BCUT2D eigenvalue weighted by Crippen LogP contribution is 2.32. The SMILES string of the molecule is Cc1cc(Nc2nc(Sc3ccc(NC(=O)C4CC4)cc3)nc(-n3ccnc3)c2C)n[nH]1. The highest BCUT2D eigenvalue weighted by molar-refractivity contribution is 7.99. The van der Waals surface area contributed by atoms with Gasteiger partial charge < -0.3 is 10.6 Å². The molecule has 1 fully saturated rings. The molecule has 0 aliphatic heterocycles. The van der Waals surface area contributed by atoms with Crippen LogP contribution in [-0.4, -0.2) is 35.6 Å². The summed E-state index contributed by atoms with van der Waals surface area (Å²) in [4.78, 5) is 26.6. The first-order valence-corrected chi connectivity index (χ1v) is 11.1. The Morgan fingerprint density at radius 1 is 1.19 bits per heavy atom. The van der Waals surface area contributed by atoms with E-state index in [9.17, 15) is 4.79 Å². The summed E-state index contributed by atoms with van der Waals surface area (Å²) in [6.07, 6.45) is 7.25. The highest BCUT2D eigenvalue weighted by Gasteiger charge is 2.29. The molecule has 5 rings (SSSR count). The first-order chi connectivity index (χ1) is 15.5. The molecule has 0 atom stereocenters.